The SMILES string of the molecule is CNC(=O)c1cccc2c(Sc3n[nH]c(N)n3)c[nH]c12. The highest BCUT2D eigenvalue weighted by atomic mass is 32.2. The molecule has 0 fully saturated rings. The van der Waals surface area contributed by atoms with Crippen LogP contribution in [0.3, 0.4) is 0 Å². The summed E-state index contributed by atoms with van der Waals surface area (Å²) in [7, 11) is 1.61. The van der Waals surface area contributed by atoms with E-state index in [1.807, 2.05) is 18.3 Å². The number of aromatic nitrogens is 4. The first kappa shape index (κ1) is 12.5. The van der Waals surface area contributed by atoms with E-state index >= 15 is 0 Å². The number of rotatable bonds is 3. The number of hydrogen-bond acceptors (Lipinski definition) is 5. The fourth-order valence-electron chi connectivity index (χ4n) is 1.94. The van der Waals surface area contributed by atoms with Crippen LogP contribution in [0.5, 0.6) is 0 Å². The van der Waals surface area contributed by atoms with E-state index < -0.39 is 0 Å². The molecule has 3 rings (SSSR count). The van der Waals surface area contributed by atoms with Crippen molar-refractivity contribution in [1.29, 1.82) is 0 Å². The molecule has 0 aliphatic heterocycles. The maximum Gasteiger partial charge on any atom is 0.253 e. The fourth-order valence-corrected chi connectivity index (χ4v) is 2.77. The molecule has 0 spiro atoms. The second-order valence-electron chi connectivity index (χ2n) is 4.07. The molecule has 2 aromatic heterocycles. The molecular formula is C12H12N6OS. The number of nitrogens with zero attached hydrogens (tertiary/aromatic N) is 2. The van der Waals surface area contributed by atoms with E-state index in [2.05, 4.69) is 25.5 Å². The highest BCUT2D eigenvalue weighted by Gasteiger charge is 2.14. The number of benzene rings is 1. The van der Waals surface area contributed by atoms with Gasteiger partial charge in [-0.25, -0.2) is 5.10 Å². The molecule has 0 saturated heterocycles. The molecule has 3 aromatic rings. The van der Waals surface area contributed by atoms with Crippen LogP contribution in [-0.4, -0.2) is 33.1 Å². The Morgan fingerprint density at radius 3 is 3.00 bits per heavy atom. The summed E-state index contributed by atoms with van der Waals surface area (Å²) in [5.41, 5.74) is 6.89. The first-order valence-electron chi connectivity index (χ1n) is 5.87. The maximum absolute atomic E-state index is 11.8. The summed E-state index contributed by atoms with van der Waals surface area (Å²) in [6, 6.07) is 5.56. The van der Waals surface area contributed by atoms with Gasteiger partial charge in [-0.2, -0.15) is 4.98 Å². The smallest absolute Gasteiger partial charge is 0.253 e. The summed E-state index contributed by atoms with van der Waals surface area (Å²) >= 11 is 1.38. The average molecular weight is 288 g/mol. The zero-order chi connectivity index (χ0) is 14.1. The van der Waals surface area contributed by atoms with Crippen molar-refractivity contribution in [2.45, 2.75) is 10.1 Å². The number of para-hydroxylation sites is 1. The zero-order valence-corrected chi connectivity index (χ0v) is 11.4. The minimum Gasteiger partial charge on any atom is -0.368 e. The highest BCUT2D eigenvalue weighted by Crippen LogP contribution is 2.33. The van der Waals surface area contributed by atoms with E-state index in [-0.39, 0.29) is 11.9 Å². The lowest BCUT2D eigenvalue weighted by Crippen LogP contribution is -2.17. The van der Waals surface area contributed by atoms with Crippen LogP contribution in [0.2, 0.25) is 0 Å². The maximum atomic E-state index is 11.8. The predicted molar refractivity (Wildman–Crippen MR) is 76.6 cm³/mol. The molecule has 0 aliphatic carbocycles. The number of hydrogen-bond donors (Lipinski definition) is 4. The molecule has 8 heteroatoms. The van der Waals surface area contributed by atoms with Crippen LogP contribution >= 0.6 is 11.8 Å². The Morgan fingerprint density at radius 2 is 2.30 bits per heavy atom. The van der Waals surface area contributed by atoms with Crippen molar-refractivity contribution in [3.63, 3.8) is 0 Å². The third-order valence-electron chi connectivity index (χ3n) is 2.83. The first-order chi connectivity index (χ1) is 9.69. The Hall–Kier alpha value is -2.48. The molecule has 102 valence electrons. The zero-order valence-electron chi connectivity index (χ0n) is 10.6. The summed E-state index contributed by atoms with van der Waals surface area (Å²) in [6.45, 7) is 0. The van der Waals surface area contributed by atoms with E-state index in [9.17, 15) is 4.79 Å². The topological polar surface area (TPSA) is 112 Å². The molecule has 0 radical (unpaired) electrons. The van der Waals surface area contributed by atoms with Crippen molar-refractivity contribution in [3.8, 4) is 0 Å². The van der Waals surface area contributed by atoms with Gasteiger partial charge in [0.05, 0.1) is 11.1 Å². The van der Waals surface area contributed by atoms with Gasteiger partial charge in [-0.3, -0.25) is 4.79 Å². The molecule has 1 amide bonds. The number of H-pyrrole nitrogens is 2. The Kier molecular flexibility index (Phi) is 3.07. The Morgan fingerprint density at radius 1 is 1.45 bits per heavy atom. The molecule has 2 heterocycles. The molecule has 0 atom stereocenters. The van der Waals surface area contributed by atoms with Gasteiger partial charge < -0.3 is 16.0 Å². The van der Waals surface area contributed by atoms with Crippen LogP contribution < -0.4 is 11.1 Å². The number of nitrogens with one attached hydrogen (secondary N) is 3. The number of nitrogen functional groups attached to an aromatic ring is 1. The van der Waals surface area contributed by atoms with E-state index in [0.29, 0.717) is 10.7 Å². The molecule has 0 saturated carbocycles. The molecule has 0 aliphatic rings. The molecule has 20 heavy (non-hydrogen) atoms. The lowest BCUT2D eigenvalue weighted by atomic mass is 10.1. The quantitative estimate of drug-likeness (QED) is 0.581. The van der Waals surface area contributed by atoms with E-state index in [1.165, 1.54) is 11.8 Å². The normalized spacial score (nSPS) is 10.8. The van der Waals surface area contributed by atoms with Crippen LogP contribution in [0.25, 0.3) is 10.9 Å². The summed E-state index contributed by atoms with van der Waals surface area (Å²) in [5.74, 6) is 0.148. The lowest BCUT2D eigenvalue weighted by Gasteiger charge is -2.01. The fraction of sp³-hybridized carbons (Fsp3) is 0.0833. The molecular weight excluding hydrogens is 276 g/mol. The van der Waals surface area contributed by atoms with E-state index in [1.54, 1.807) is 13.1 Å². The van der Waals surface area contributed by atoms with Crippen LogP contribution in [0.1, 0.15) is 10.4 Å². The minimum absolute atomic E-state index is 0.129. The largest absolute Gasteiger partial charge is 0.368 e. The Bertz CT molecular complexity index is 777. The van der Waals surface area contributed by atoms with Gasteiger partial charge in [0.1, 0.15) is 0 Å². The van der Waals surface area contributed by atoms with E-state index in [4.69, 9.17) is 5.73 Å². The van der Waals surface area contributed by atoms with Crippen molar-refractivity contribution >= 4 is 34.5 Å². The number of amides is 1. The molecule has 0 bridgehead atoms. The third-order valence-corrected chi connectivity index (χ3v) is 3.76. The molecule has 0 unspecified atom stereocenters. The number of fused-ring (bicyclic) bond motifs is 1. The number of carbonyl (C=O) groups excluding carboxylic acids is 1. The number of aromatic amines is 2. The number of carbonyl (C=O) groups is 1. The Balaban J connectivity index is 2.03. The van der Waals surface area contributed by atoms with Crippen LogP contribution in [0, 0.1) is 0 Å². The van der Waals surface area contributed by atoms with Gasteiger partial charge in [0.2, 0.25) is 11.1 Å². The summed E-state index contributed by atoms with van der Waals surface area (Å²) in [6.07, 6.45) is 1.83. The minimum atomic E-state index is -0.129. The van der Waals surface area contributed by atoms with E-state index in [0.717, 1.165) is 15.8 Å². The molecule has 7 nitrogen and oxygen atoms in total. The number of anilines is 1. The summed E-state index contributed by atoms with van der Waals surface area (Å²) in [5, 5.41) is 10.7. The van der Waals surface area contributed by atoms with Crippen molar-refractivity contribution in [2.24, 2.45) is 0 Å². The van der Waals surface area contributed by atoms with Gasteiger partial charge in [0.15, 0.2) is 0 Å². The average Bonchev–Trinajstić information content (AvgIpc) is 3.05. The number of nitrogens with two attached hydrogens (primary N) is 1. The van der Waals surface area contributed by atoms with Crippen molar-refractivity contribution in [3.05, 3.63) is 30.0 Å². The van der Waals surface area contributed by atoms with Gasteiger partial charge in [0.25, 0.3) is 5.91 Å². The molecule has 1 aromatic carbocycles. The monoisotopic (exact) mass is 288 g/mol. The lowest BCUT2D eigenvalue weighted by molar-refractivity contribution is 0.0964. The van der Waals surface area contributed by atoms with Crippen LogP contribution in [-0.2, 0) is 0 Å². The predicted octanol–water partition coefficient (Wildman–Crippen LogP) is 1.38. The van der Waals surface area contributed by atoms with Gasteiger partial charge in [-0.05, 0) is 17.8 Å². The van der Waals surface area contributed by atoms with Crippen molar-refractivity contribution in [1.82, 2.24) is 25.5 Å². The van der Waals surface area contributed by atoms with Crippen molar-refractivity contribution in [2.75, 3.05) is 12.8 Å². The highest BCUT2D eigenvalue weighted by molar-refractivity contribution is 7.99. The van der Waals surface area contributed by atoms with Gasteiger partial charge >= 0.3 is 0 Å². The Labute approximate surface area is 118 Å². The second kappa shape index (κ2) is 4.89. The van der Waals surface area contributed by atoms with Crippen molar-refractivity contribution < 1.29 is 4.79 Å². The summed E-state index contributed by atoms with van der Waals surface area (Å²) < 4.78 is 0. The van der Waals surface area contributed by atoms with Gasteiger partial charge in [-0.15, -0.1) is 5.10 Å². The van der Waals surface area contributed by atoms with Crippen LogP contribution in [0.15, 0.2) is 34.4 Å². The first-order valence-corrected chi connectivity index (χ1v) is 6.68. The van der Waals surface area contributed by atoms with Gasteiger partial charge in [-0.1, -0.05) is 12.1 Å². The summed E-state index contributed by atoms with van der Waals surface area (Å²) in [4.78, 5) is 19.9. The third kappa shape index (κ3) is 2.10. The second-order valence-corrected chi connectivity index (χ2v) is 5.07. The van der Waals surface area contributed by atoms with Gasteiger partial charge in [0, 0.05) is 23.5 Å². The molecule has 5 N–H and O–H groups in total. The van der Waals surface area contributed by atoms with Crippen LogP contribution in [0.4, 0.5) is 5.95 Å². The standard InChI is InChI=1S/C12H12N6OS/c1-14-10(19)7-4-2-3-6-8(5-15-9(6)7)20-12-16-11(13)17-18-12/h2-5,15H,1H3,(H,14,19)(H3,13,16,17,18).